The minimum absolute atomic E-state index is 0.0595. The van der Waals surface area contributed by atoms with Gasteiger partial charge in [-0.3, -0.25) is 9.78 Å². The summed E-state index contributed by atoms with van der Waals surface area (Å²) >= 11 is 0. The van der Waals surface area contributed by atoms with Crippen LogP contribution in [-0.2, 0) is 4.79 Å². The standard InChI is InChI=1S/C20H18N2O/c1-15(18-8-4-6-17-5-2-3-7-19(17)18)22-20(23)10-9-16-11-13-21-14-12-16/h2-15H,1H3,(H,22,23)/b10-9+. The molecule has 0 spiro atoms. The zero-order chi connectivity index (χ0) is 16.1. The van der Waals surface area contributed by atoms with Crippen LogP contribution in [0.3, 0.4) is 0 Å². The lowest BCUT2D eigenvalue weighted by Gasteiger charge is -2.15. The van der Waals surface area contributed by atoms with Crippen LogP contribution in [0.5, 0.6) is 0 Å². The zero-order valence-corrected chi connectivity index (χ0v) is 12.9. The van der Waals surface area contributed by atoms with Gasteiger partial charge in [-0.05, 0) is 47.0 Å². The van der Waals surface area contributed by atoms with Gasteiger partial charge in [0.1, 0.15) is 0 Å². The van der Waals surface area contributed by atoms with Crippen molar-refractivity contribution in [3.8, 4) is 0 Å². The van der Waals surface area contributed by atoms with E-state index in [2.05, 4.69) is 34.6 Å². The molecule has 3 nitrogen and oxygen atoms in total. The van der Waals surface area contributed by atoms with E-state index in [1.54, 1.807) is 24.5 Å². The number of carbonyl (C=O) groups excluding carboxylic acids is 1. The van der Waals surface area contributed by atoms with Crippen LogP contribution in [0.25, 0.3) is 16.8 Å². The number of hydrogen-bond donors (Lipinski definition) is 1. The summed E-state index contributed by atoms with van der Waals surface area (Å²) in [5.41, 5.74) is 2.07. The van der Waals surface area contributed by atoms with E-state index in [0.29, 0.717) is 0 Å². The Morgan fingerprint density at radius 1 is 1.04 bits per heavy atom. The first-order chi connectivity index (χ1) is 11.2. The van der Waals surface area contributed by atoms with E-state index >= 15 is 0 Å². The smallest absolute Gasteiger partial charge is 0.244 e. The number of benzene rings is 2. The van der Waals surface area contributed by atoms with Gasteiger partial charge < -0.3 is 5.32 Å². The first-order valence-electron chi connectivity index (χ1n) is 7.60. The fraction of sp³-hybridized carbons (Fsp3) is 0.100. The number of hydrogen-bond acceptors (Lipinski definition) is 2. The molecular weight excluding hydrogens is 284 g/mol. The lowest BCUT2D eigenvalue weighted by Crippen LogP contribution is -2.24. The minimum Gasteiger partial charge on any atom is -0.346 e. The molecule has 1 heterocycles. The molecule has 0 aliphatic carbocycles. The van der Waals surface area contributed by atoms with Gasteiger partial charge in [0.05, 0.1) is 6.04 Å². The number of nitrogens with one attached hydrogen (secondary N) is 1. The van der Waals surface area contributed by atoms with Crippen LogP contribution in [0.4, 0.5) is 0 Å². The fourth-order valence-corrected chi connectivity index (χ4v) is 2.61. The largest absolute Gasteiger partial charge is 0.346 e. The summed E-state index contributed by atoms with van der Waals surface area (Å²) in [6, 6.07) is 18.0. The molecule has 1 amide bonds. The van der Waals surface area contributed by atoms with E-state index in [9.17, 15) is 4.79 Å². The average Bonchev–Trinajstić information content (AvgIpc) is 2.60. The third kappa shape index (κ3) is 3.64. The van der Waals surface area contributed by atoms with E-state index in [0.717, 1.165) is 11.1 Å². The Bertz CT molecular complexity index is 835. The monoisotopic (exact) mass is 302 g/mol. The van der Waals surface area contributed by atoms with Crippen LogP contribution in [0.1, 0.15) is 24.1 Å². The molecule has 0 fully saturated rings. The third-order valence-corrected chi connectivity index (χ3v) is 3.78. The Morgan fingerprint density at radius 3 is 2.61 bits per heavy atom. The van der Waals surface area contributed by atoms with Crippen LogP contribution >= 0.6 is 0 Å². The second-order valence-corrected chi connectivity index (χ2v) is 5.41. The summed E-state index contributed by atoms with van der Waals surface area (Å²) < 4.78 is 0. The lowest BCUT2D eigenvalue weighted by molar-refractivity contribution is -0.117. The Labute approximate surface area is 135 Å². The number of carbonyl (C=O) groups is 1. The van der Waals surface area contributed by atoms with Gasteiger partial charge in [-0.2, -0.15) is 0 Å². The van der Waals surface area contributed by atoms with Crippen LogP contribution in [0, 0.1) is 0 Å². The molecule has 3 heteroatoms. The van der Waals surface area contributed by atoms with E-state index in [-0.39, 0.29) is 11.9 Å². The Morgan fingerprint density at radius 2 is 1.78 bits per heavy atom. The summed E-state index contributed by atoms with van der Waals surface area (Å²) in [7, 11) is 0. The lowest BCUT2D eigenvalue weighted by atomic mass is 10.00. The molecule has 0 radical (unpaired) electrons. The van der Waals surface area contributed by atoms with Crippen molar-refractivity contribution in [2.75, 3.05) is 0 Å². The maximum atomic E-state index is 12.1. The molecule has 0 bridgehead atoms. The van der Waals surface area contributed by atoms with Crippen molar-refractivity contribution in [1.29, 1.82) is 0 Å². The number of aromatic nitrogens is 1. The van der Waals surface area contributed by atoms with Crippen LogP contribution in [0.2, 0.25) is 0 Å². The molecule has 2 aromatic carbocycles. The maximum Gasteiger partial charge on any atom is 0.244 e. The molecule has 114 valence electrons. The van der Waals surface area contributed by atoms with E-state index < -0.39 is 0 Å². The topological polar surface area (TPSA) is 42.0 Å². The van der Waals surface area contributed by atoms with Crippen molar-refractivity contribution < 1.29 is 4.79 Å². The highest BCUT2D eigenvalue weighted by molar-refractivity contribution is 5.93. The second kappa shape index (κ2) is 6.88. The molecule has 0 aliphatic heterocycles. The van der Waals surface area contributed by atoms with E-state index in [4.69, 9.17) is 0 Å². The van der Waals surface area contributed by atoms with Gasteiger partial charge in [0.2, 0.25) is 5.91 Å². The highest BCUT2D eigenvalue weighted by atomic mass is 16.1. The Hall–Kier alpha value is -2.94. The van der Waals surface area contributed by atoms with E-state index in [1.807, 2.05) is 37.3 Å². The maximum absolute atomic E-state index is 12.1. The molecule has 0 saturated carbocycles. The number of fused-ring (bicyclic) bond motifs is 1. The highest BCUT2D eigenvalue weighted by Gasteiger charge is 2.10. The van der Waals surface area contributed by atoms with E-state index in [1.165, 1.54) is 10.8 Å². The van der Waals surface area contributed by atoms with Crippen LogP contribution in [-0.4, -0.2) is 10.9 Å². The summed E-state index contributed by atoms with van der Waals surface area (Å²) in [6.07, 6.45) is 6.75. The van der Waals surface area contributed by atoms with Crippen LogP contribution in [0.15, 0.2) is 73.1 Å². The summed E-state index contributed by atoms with van der Waals surface area (Å²) in [6.45, 7) is 2.00. The van der Waals surface area contributed by atoms with Crippen molar-refractivity contribution in [3.63, 3.8) is 0 Å². The molecule has 1 aromatic heterocycles. The normalized spacial score (nSPS) is 12.4. The molecule has 3 rings (SSSR count). The summed E-state index contributed by atoms with van der Waals surface area (Å²) in [5, 5.41) is 5.36. The number of nitrogens with zero attached hydrogens (tertiary/aromatic N) is 1. The third-order valence-electron chi connectivity index (χ3n) is 3.78. The number of pyridine rings is 1. The quantitative estimate of drug-likeness (QED) is 0.736. The second-order valence-electron chi connectivity index (χ2n) is 5.41. The van der Waals surface area contributed by atoms with Gasteiger partial charge in [-0.25, -0.2) is 0 Å². The molecule has 3 aromatic rings. The van der Waals surface area contributed by atoms with Crippen LogP contribution < -0.4 is 5.32 Å². The minimum atomic E-state index is -0.109. The first-order valence-corrected chi connectivity index (χ1v) is 7.60. The Kier molecular flexibility index (Phi) is 4.48. The molecule has 23 heavy (non-hydrogen) atoms. The van der Waals surface area contributed by atoms with Crippen molar-refractivity contribution >= 4 is 22.8 Å². The molecule has 1 unspecified atom stereocenters. The van der Waals surface area contributed by atoms with Crippen molar-refractivity contribution in [2.24, 2.45) is 0 Å². The molecule has 0 saturated heterocycles. The van der Waals surface area contributed by atoms with Crippen molar-refractivity contribution in [2.45, 2.75) is 13.0 Å². The fourth-order valence-electron chi connectivity index (χ4n) is 2.61. The molecule has 1 atom stereocenters. The summed E-state index contributed by atoms with van der Waals surface area (Å²) in [5.74, 6) is -0.109. The Balaban J connectivity index is 1.74. The predicted octanol–water partition coefficient (Wildman–Crippen LogP) is 4.13. The van der Waals surface area contributed by atoms with Gasteiger partial charge in [-0.15, -0.1) is 0 Å². The average molecular weight is 302 g/mol. The zero-order valence-electron chi connectivity index (χ0n) is 12.9. The first kappa shape index (κ1) is 15.0. The highest BCUT2D eigenvalue weighted by Crippen LogP contribution is 2.23. The summed E-state index contributed by atoms with van der Waals surface area (Å²) in [4.78, 5) is 16.1. The van der Waals surface area contributed by atoms with Gasteiger partial charge >= 0.3 is 0 Å². The van der Waals surface area contributed by atoms with Gasteiger partial charge in [0, 0.05) is 18.5 Å². The van der Waals surface area contributed by atoms with Gasteiger partial charge in [-0.1, -0.05) is 42.5 Å². The number of rotatable bonds is 4. The molecule has 1 N–H and O–H groups in total. The molecular formula is C20H18N2O. The van der Waals surface area contributed by atoms with Crippen molar-refractivity contribution in [1.82, 2.24) is 10.3 Å². The predicted molar refractivity (Wildman–Crippen MR) is 93.8 cm³/mol. The van der Waals surface area contributed by atoms with Gasteiger partial charge in [0.25, 0.3) is 0 Å². The van der Waals surface area contributed by atoms with Gasteiger partial charge in [0.15, 0.2) is 0 Å². The molecule has 0 aliphatic rings. The number of amides is 1. The van der Waals surface area contributed by atoms with Crippen molar-refractivity contribution in [3.05, 3.63) is 84.2 Å². The SMILES string of the molecule is CC(NC(=O)/C=C/c1ccncc1)c1cccc2ccccc12.